The van der Waals surface area contributed by atoms with Gasteiger partial charge in [-0.3, -0.25) is 9.79 Å². The van der Waals surface area contributed by atoms with Gasteiger partial charge in [-0.2, -0.15) is 0 Å². The van der Waals surface area contributed by atoms with Gasteiger partial charge in [-0.25, -0.2) is 9.59 Å². The number of hydrogen-bond acceptors (Lipinski definition) is 7. The lowest BCUT2D eigenvalue weighted by Crippen LogP contribution is -2.46. The third kappa shape index (κ3) is 9.04. The van der Waals surface area contributed by atoms with Crippen LogP contribution in [-0.4, -0.2) is 63.9 Å². The molecule has 0 saturated heterocycles. The van der Waals surface area contributed by atoms with E-state index in [-0.39, 0.29) is 5.04 Å². The normalized spacial score (nSPS) is 14.6. The van der Waals surface area contributed by atoms with Gasteiger partial charge >= 0.3 is 12.1 Å². The van der Waals surface area contributed by atoms with E-state index in [1.807, 2.05) is 0 Å². The Labute approximate surface area is 138 Å². The van der Waals surface area contributed by atoms with Crippen LogP contribution in [0.4, 0.5) is 4.79 Å². The summed E-state index contributed by atoms with van der Waals surface area (Å²) in [4.78, 5) is 38.1. The molecular weight excluding hydrogens is 326 g/mol. The van der Waals surface area contributed by atoms with Crippen molar-refractivity contribution in [1.82, 2.24) is 10.6 Å². The van der Waals surface area contributed by atoms with Crippen molar-refractivity contribution in [3.63, 3.8) is 0 Å². The van der Waals surface area contributed by atoms with Crippen LogP contribution in [0.25, 0.3) is 0 Å². The Morgan fingerprint density at radius 1 is 1.26 bits per heavy atom. The zero-order chi connectivity index (χ0) is 18.2. The summed E-state index contributed by atoms with van der Waals surface area (Å²) in [6.07, 6.45) is -0.646. The molecule has 2 amide bonds. The van der Waals surface area contributed by atoms with Gasteiger partial charge in [0.15, 0.2) is 11.1 Å². The second-order valence-corrected chi connectivity index (χ2v) is 6.81. The third-order valence-electron chi connectivity index (χ3n) is 2.19. The van der Waals surface area contributed by atoms with Crippen LogP contribution in [0.3, 0.4) is 0 Å². The van der Waals surface area contributed by atoms with Crippen LogP contribution in [0, 0.1) is 0 Å². The van der Waals surface area contributed by atoms with E-state index in [0.29, 0.717) is 0 Å². The molecule has 2 atom stereocenters. The number of nitrogens with zero attached hydrogens (tertiary/aromatic N) is 1. The number of nitrogens with one attached hydrogen (secondary N) is 2. The van der Waals surface area contributed by atoms with Crippen molar-refractivity contribution in [2.75, 3.05) is 13.7 Å². The topological polar surface area (TPSA) is 137 Å². The van der Waals surface area contributed by atoms with E-state index >= 15 is 0 Å². The lowest BCUT2D eigenvalue weighted by Gasteiger charge is -2.22. The Kier molecular flexibility index (Phi) is 8.62. The Morgan fingerprint density at radius 2 is 1.83 bits per heavy atom. The smallest absolute Gasteiger partial charge is 0.408 e. The number of aliphatic hydroxyl groups is 1. The summed E-state index contributed by atoms with van der Waals surface area (Å²) in [7, 11) is 1.36. The highest BCUT2D eigenvalue weighted by Gasteiger charge is 2.24. The second kappa shape index (κ2) is 9.36. The number of amides is 2. The van der Waals surface area contributed by atoms with Gasteiger partial charge in [0.05, 0.1) is 12.0 Å². The predicted octanol–water partition coefficient (Wildman–Crippen LogP) is 0.180. The molecule has 0 aromatic heterocycles. The number of carboxylic acids is 1. The number of rotatable bonds is 5. The molecule has 0 radical (unpaired) electrons. The van der Waals surface area contributed by atoms with E-state index in [1.165, 1.54) is 7.05 Å². The summed E-state index contributed by atoms with van der Waals surface area (Å²) in [6.45, 7) is 6.04. The molecule has 0 aromatic rings. The van der Waals surface area contributed by atoms with E-state index in [4.69, 9.17) is 14.9 Å². The maximum atomic E-state index is 11.9. The van der Waals surface area contributed by atoms with Crippen LogP contribution >= 0.6 is 11.8 Å². The van der Waals surface area contributed by atoms with Crippen LogP contribution in [0.2, 0.25) is 0 Å². The fraction of sp³-hybridized carbons (Fsp3) is 0.692. The highest BCUT2D eigenvalue weighted by Crippen LogP contribution is 2.13. The fourth-order valence-electron chi connectivity index (χ4n) is 1.28. The zero-order valence-electron chi connectivity index (χ0n) is 13.7. The summed E-state index contributed by atoms with van der Waals surface area (Å²) < 4.78 is 5.08. The van der Waals surface area contributed by atoms with Gasteiger partial charge in [-0.15, -0.1) is 0 Å². The molecule has 0 aromatic carbocycles. The van der Waals surface area contributed by atoms with Gasteiger partial charge < -0.3 is 25.6 Å². The van der Waals surface area contributed by atoms with Crippen LogP contribution in [0.15, 0.2) is 4.99 Å². The molecule has 0 heterocycles. The average Bonchev–Trinajstić information content (AvgIpc) is 2.38. The first-order chi connectivity index (χ1) is 10.5. The molecular formula is C13H23N3O6S. The van der Waals surface area contributed by atoms with Crippen LogP contribution in [-0.2, 0) is 14.3 Å². The lowest BCUT2D eigenvalue weighted by atomic mass is 10.2. The van der Waals surface area contributed by atoms with Crippen molar-refractivity contribution >= 4 is 34.8 Å². The highest BCUT2D eigenvalue weighted by atomic mass is 32.2. The van der Waals surface area contributed by atoms with E-state index < -0.39 is 41.6 Å². The molecule has 0 spiro atoms. The van der Waals surface area contributed by atoms with E-state index in [1.54, 1.807) is 27.7 Å². The molecule has 0 aliphatic heterocycles. The molecule has 10 heteroatoms. The van der Waals surface area contributed by atoms with Gasteiger partial charge in [0.1, 0.15) is 5.60 Å². The SMILES string of the molecule is C/N=C(\SC(C)NC(=O)OC(C)(C)C)C(=O)N[C@@H](CO)C(=O)O. The maximum Gasteiger partial charge on any atom is 0.408 e. The van der Waals surface area contributed by atoms with Crippen molar-refractivity contribution in [3.8, 4) is 0 Å². The number of hydrogen-bond donors (Lipinski definition) is 4. The number of aliphatic carboxylic acids is 1. The summed E-state index contributed by atoms with van der Waals surface area (Å²) in [5, 5.41) is 21.8. The minimum Gasteiger partial charge on any atom is -0.480 e. The number of alkyl carbamates (subject to hydrolysis) is 1. The molecule has 0 fully saturated rings. The quantitative estimate of drug-likeness (QED) is 0.315. The first-order valence-corrected chi connectivity index (χ1v) is 7.65. The third-order valence-corrected chi connectivity index (χ3v) is 3.25. The summed E-state index contributed by atoms with van der Waals surface area (Å²) in [6, 6.07) is -1.42. The largest absolute Gasteiger partial charge is 0.480 e. The summed E-state index contributed by atoms with van der Waals surface area (Å²) in [5.41, 5.74) is -0.649. The van der Waals surface area contributed by atoms with E-state index in [2.05, 4.69) is 15.6 Å². The van der Waals surface area contributed by atoms with Crippen molar-refractivity contribution in [2.45, 2.75) is 44.7 Å². The number of thioether (sulfide) groups is 1. The lowest BCUT2D eigenvalue weighted by molar-refractivity contribution is -0.142. The molecule has 1 unspecified atom stereocenters. The Hall–Kier alpha value is -1.81. The standard InChI is InChI=1S/C13H23N3O6S/c1-7(15-12(21)22-13(2,3)4)23-10(14-5)9(18)16-8(6-17)11(19)20/h7-8,17H,6H2,1-5H3,(H,15,21)(H,16,18)(H,19,20)/b14-10-/t7?,8-/m0/s1. The monoisotopic (exact) mass is 349 g/mol. The first kappa shape index (κ1) is 21.2. The van der Waals surface area contributed by atoms with E-state index in [9.17, 15) is 14.4 Å². The predicted molar refractivity (Wildman–Crippen MR) is 86.4 cm³/mol. The fourth-order valence-corrected chi connectivity index (χ4v) is 2.05. The number of aliphatic imine (C=N–C) groups is 1. The molecule has 4 N–H and O–H groups in total. The molecule has 132 valence electrons. The molecule has 0 saturated carbocycles. The summed E-state index contributed by atoms with van der Waals surface area (Å²) >= 11 is 0.923. The minimum atomic E-state index is -1.42. The Bertz CT molecular complexity index is 475. The van der Waals surface area contributed by atoms with Gasteiger partial charge in [-0.05, 0) is 27.7 Å². The molecule has 9 nitrogen and oxygen atoms in total. The number of carboxylic acid groups (broad SMARTS) is 1. The summed E-state index contributed by atoms with van der Waals surface area (Å²) in [5.74, 6) is -2.11. The van der Waals surface area contributed by atoms with Crippen LogP contribution in [0.5, 0.6) is 0 Å². The van der Waals surface area contributed by atoms with Gasteiger partial charge in [0.25, 0.3) is 5.91 Å². The molecule has 0 rings (SSSR count). The van der Waals surface area contributed by atoms with Gasteiger partial charge in [0.2, 0.25) is 0 Å². The highest BCUT2D eigenvalue weighted by molar-refractivity contribution is 8.16. The van der Waals surface area contributed by atoms with Gasteiger partial charge in [-0.1, -0.05) is 11.8 Å². The van der Waals surface area contributed by atoms with Crippen molar-refractivity contribution in [2.24, 2.45) is 4.99 Å². The molecule has 0 aliphatic carbocycles. The van der Waals surface area contributed by atoms with Crippen molar-refractivity contribution < 1.29 is 29.3 Å². The van der Waals surface area contributed by atoms with Crippen LogP contribution in [0.1, 0.15) is 27.7 Å². The number of carbonyl (C=O) groups excluding carboxylic acids is 2. The Morgan fingerprint density at radius 3 is 2.22 bits per heavy atom. The second-order valence-electron chi connectivity index (χ2n) is 5.48. The van der Waals surface area contributed by atoms with Gasteiger partial charge in [0, 0.05) is 7.05 Å². The zero-order valence-corrected chi connectivity index (χ0v) is 14.6. The average molecular weight is 349 g/mol. The molecule has 23 heavy (non-hydrogen) atoms. The van der Waals surface area contributed by atoms with Crippen LogP contribution < -0.4 is 10.6 Å². The van der Waals surface area contributed by atoms with E-state index in [0.717, 1.165) is 11.8 Å². The number of carbonyl (C=O) groups is 3. The first-order valence-electron chi connectivity index (χ1n) is 6.77. The minimum absolute atomic E-state index is 0.0340. The van der Waals surface area contributed by atoms with Crippen molar-refractivity contribution in [1.29, 1.82) is 0 Å². The Balaban J connectivity index is 4.61. The molecule has 0 aliphatic rings. The molecule has 0 bridgehead atoms. The number of aliphatic hydroxyl groups excluding tert-OH is 1. The number of ether oxygens (including phenoxy) is 1. The van der Waals surface area contributed by atoms with Crippen molar-refractivity contribution in [3.05, 3.63) is 0 Å². The maximum absolute atomic E-state index is 11.9.